The molecule has 1 aromatic heterocycles. The number of para-hydroxylation sites is 2. The Kier molecular flexibility index (Phi) is 13.7. The minimum atomic E-state index is 0.158. The molecule has 0 spiro atoms. The fourth-order valence-corrected chi connectivity index (χ4v) is 9.54. The maximum atomic E-state index is 5.87. The zero-order valence-electron chi connectivity index (χ0n) is 38.3. The number of rotatable bonds is 10. The van der Waals surface area contributed by atoms with Crippen molar-refractivity contribution in [1.29, 1.82) is 0 Å². The average molecular weight is 828 g/mol. The van der Waals surface area contributed by atoms with Crippen LogP contribution in [0.15, 0.2) is 214 Å². The van der Waals surface area contributed by atoms with Crippen molar-refractivity contribution < 1.29 is 0 Å². The highest BCUT2D eigenvalue weighted by atomic mass is 15.2. The third kappa shape index (κ3) is 9.03. The largest absolute Gasteiger partial charge is 0.313 e. The third-order valence-corrected chi connectivity index (χ3v) is 13.4. The van der Waals surface area contributed by atoms with Gasteiger partial charge in [-0.2, -0.15) is 0 Å². The van der Waals surface area contributed by atoms with Crippen LogP contribution in [-0.2, 0) is 6.42 Å². The van der Waals surface area contributed by atoms with Gasteiger partial charge in [0.1, 0.15) is 5.84 Å². The Balaban J connectivity index is 0.00000131. The summed E-state index contributed by atoms with van der Waals surface area (Å²) < 4.78 is 2.51. The summed E-state index contributed by atoms with van der Waals surface area (Å²) in [7, 11) is 0. The molecule has 5 aliphatic carbocycles. The summed E-state index contributed by atoms with van der Waals surface area (Å²) in [5, 5.41) is 1.30. The molecular formula is C60H65N3. The van der Waals surface area contributed by atoms with Gasteiger partial charge in [0.25, 0.3) is 0 Å². The lowest BCUT2D eigenvalue weighted by Crippen LogP contribution is -2.32. The summed E-state index contributed by atoms with van der Waals surface area (Å²) in [6.07, 6.45) is 35.0. The van der Waals surface area contributed by atoms with Crippen LogP contribution in [0.5, 0.6) is 0 Å². The summed E-state index contributed by atoms with van der Waals surface area (Å²) in [6, 6.07) is 30.7. The molecule has 0 radical (unpaired) electrons. The van der Waals surface area contributed by atoms with Gasteiger partial charge in [-0.25, -0.2) is 4.99 Å². The summed E-state index contributed by atoms with van der Waals surface area (Å²) in [5.41, 5.74) is 17.0. The molecule has 0 bridgehead atoms. The molecule has 0 amide bonds. The van der Waals surface area contributed by atoms with E-state index in [2.05, 4.69) is 202 Å². The van der Waals surface area contributed by atoms with Gasteiger partial charge in [0.05, 0.1) is 16.9 Å². The fourth-order valence-electron chi connectivity index (χ4n) is 9.54. The van der Waals surface area contributed by atoms with E-state index in [4.69, 9.17) is 11.6 Å². The van der Waals surface area contributed by atoms with E-state index in [9.17, 15) is 0 Å². The van der Waals surface area contributed by atoms with Gasteiger partial charge in [-0.05, 0) is 121 Å². The zero-order chi connectivity index (χ0) is 43.9. The highest BCUT2D eigenvalue weighted by Gasteiger charge is 2.36. The first kappa shape index (κ1) is 43.5. The normalized spacial score (nSPS) is 20.6. The minimum Gasteiger partial charge on any atom is -0.313 e. The van der Waals surface area contributed by atoms with Crippen LogP contribution in [0, 0.1) is 11.8 Å². The Labute approximate surface area is 377 Å². The molecule has 4 aromatic rings. The number of aliphatic imine (C=N–C) groups is 1. The molecule has 320 valence electrons. The molecule has 0 saturated carbocycles. The Morgan fingerprint density at radius 1 is 0.810 bits per heavy atom. The lowest BCUT2D eigenvalue weighted by atomic mass is 9.78. The van der Waals surface area contributed by atoms with Crippen LogP contribution in [0.25, 0.3) is 17.0 Å². The first-order valence-electron chi connectivity index (χ1n) is 23.6. The second kappa shape index (κ2) is 19.9. The second-order valence-electron chi connectivity index (χ2n) is 17.6. The van der Waals surface area contributed by atoms with E-state index in [1.807, 2.05) is 0 Å². The quantitative estimate of drug-likeness (QED) is 0.115. The number of anilines is 1. The third-order valence-electron chi connectivity index (χ3n) is 13.4. The van der Waals surface area contributed by atoms with Crippen molar-refractivity contribution in [3.63, 3.8) is 0 Å². The van der Waals surface area contributed by atoms with Crippen LogP contribution in [-0.4, -0.2) is 10.4 Å². The lowest BCUT2D eigenvalue weighted by Gasteiger charge is -2.39. The van der Waals surface area contributed by atoms with Crippen molar-refractivity contribution in [2.45, 2.75) is 98.3 Å². The average Bonchev–Trinajstić information content (AvgIpc) is 3.66. The molecule has 0 N–H and O–H groups in total. The number of aromatic nitrogens is 1. The predicted molar refractivity (Wildman–Crippen MR) is 272 cm³/mol. The molecule has 0 saturated heterocycles. The SMILES string of the molecule is C=C1C=CCC/C1=C(/N=C(C(C)CC)n1c2c(c3ccccc31)CC1C(=C2)C=CC(C)=C1N(C(=C)C1=CCCC=C1)c1ccccc1)C1=CCC(c2ccccc2)C=C1.CCCC. The number of nitrogens with zero attached hydrogens (tertiary/aromatic N) is 3. The summed E-state index contributed by atoms with van der Waals surface area (Å²) >= 11 is 0. The standard InChI is InChI=1S/C56H55N3.C4H10/c1-6-38(2)56(57-54(48-27-17-16-20-39(48)3)45-34-32-44(33-35-45)43-23-12-8-13-24-43)59-52-29-19-18-28-49(52)51-37-50-46(36-53(51)59)31-30-40(4)55(50)58(47-25-14-9-15-26-47)41(5)42-21-10-7-11-22-42;1-3-4-2/h8-10,12-16,18-26,28-32,34-36,38,44,50H,3,5-7,11,17,27,33,37H2,1-2,4H3;3-4H2,1-2H3/b54-48-,57-56?;. The minimum absolute atomic E-state index is 0.158. The molecule has 1 heterocycles. The van der Waals surface area contributed by atoms with Crippen molar-refractivity contribution in [2.24, 2.45) is 16.8 Å². The topological polar surface area (TPSA) is 20.5 Å². The van der Waals surface area contributed by atoms with E-state index in [0.29, 0.717) is 5.92 Å². The van der Waals surface area contributed by atoms with Gasteiger partial charge in [0.2, 0.25) is 0 Å². The van der Waals surface area contributed by atoms with E-state index in [0.717, 1.165) is 73.4 Å². The Morgan fingerprint density at radius 3 is 2.22 bits per heavy atom. The second-order valence-corrected chi connectivity index (χ2v) is 17.6. The molecule has 3 heteroatoms. The van der Waals surface area contributed by atoms with E-state index in [-0.39, 0.29) is 11.8 Å². The number of benzene rings is 3. The van der Waals surface area contributed by atoms with Crippen molar-refractivity contribution in [2.75, 3.05) is 4.90 Å². The van der Waals surface area contributed by atoms with Crippen LogP contribution in [0.4, 0.5) is 5.69 Å². The molecule has 5 aliphatic rings. The van der Waals surface area contributed by atoms with Crippen LogP contribution in [0.3, 0.4) is 0 Å². The van der Waals surface area contributed by atoms with Gasteiger partial charge in [0.15, 0.2) is 0 Å². The number of allylic oxidation sites excluding steroid dienone is 14. The number of hydrogen-bond acceptors (Lipinski definition) is 2. The molecule has 9 rings (SSSR count). The van der Waals surface area contributed by atoms with Crippen molar-refractivity contribution >= 4 is 28.5 Å². The van der Waals surface area contributed by atoms with Crippen LogP contribution < -0.4 is 4.90 Å². The Hall–Kier alpha value is -6.19. The molecule has 0 aliphatic heterocycles. The lowest BCUT2D eigenvalue weighted by molar-refractivity contribution is 0.677. The van der Waals surface area contributed by atoms with E-state index in [1.54, 1.807) is 0 Å². The molecule has 3 nitrogen and oxygen atoms in total. The predicted octanol–water partition coefficient (Wildman–Crippen LogP) is 16.3. The van der Waals surface area contributed by atoms with Gasteiger partial charge in [0, 0.05) is 40.2 Å². The van der Waals surface area contributed by atoms with Crippen LogP contribution >= 0.6 is 0 Å². The first-order chi connectivity index (χ1) is 30.8. The highest BCUT2D eigenvalue weighted by Crippen LogP contribution is 2.46. The van der Waals surface area contributed by atoms with Crippen LogP contribution in [0.2, 0.25) is 0 Å². The molecule has 0 fully saturated rings. The monoisotopic (exact) mass is 828 g/mol. The van der Waals surface area contributed by atoms with Gasteiger partial charge < -0.3 is 4.90 Å². The van der Waals surface area contributed by atoms with E-state index >= 15 is 0 Å². The fraction of sp³-hybridized carbons (Fsp3) is 0.283. The number of unbranched alkanes of at least 4 members (excludes halogenated alkanes) is 1. The molecule has 3 atom stereocenters. The molecular weight excluding hydrogens is 763 g/mol. The first-order valence-corrected chi connectivity index (χ1v) is 23.6. The van der Waals surface area contributed by atoms with Crippen LogP contribution in [0.1, 0.15) is 109 Å². The molecule has 3 aromatic carbocycles. The Morgan fingerprint density at radius 2 is 1.54 bits per heavy atom. The van der Waals surface area contributed by atoms with Gasteiger partial charge in [-0.15, -0.1) is 0 Å². The summed E-state index contributed by atoms with van der Waals surface area (Å²) in [4.78, 5) is 8.31. The van der Waals surface area contributed by atoms with Crippen molar-refractivity contribution in [3.8, 4) is 0 Å². The van der Waals surface area contributed by atoms with Gasteiger partial charge in [-0.3, -0.25) is 4.57 Å². The number of fused-ring (bicyclic) bond motifs is 4. The summed E-state index contributed by atoms with van der Waals surface area (Å²) in [6.45, 7) is 20.6. The van der Waals surface area contributed by atoms with Crippen molar-refractivity contribution in [1.82, 2.24) is 4.57 Å². The van der Waals surface area contributed by atoms with Gasteiger partial charge >= 0.3 is 0 Å². The van der Waals surface area contributed by atoms with E-state index < -0.39 is 0 Å². The smallest absolute Gasteiger partial charge is 0.117 e. The molecule has 63 heavy (non-hydrogen) atoms. The van der Waals surface area contributed by atoms with E-state index in [1.165, 1.54) is 74.1 Å². The Bertz CT molecular complexity index is 2670. The van der Waals surface area contributed by atoms with Gasteiger partial charge in [-0.1, -0.05) is 181 Å². The maximum absolute atomic E-state index is 5.87. The van der Waals surface area contributed by atoms with Crippen molar-refractivity contribution in [3.05, 3.63) is 226 Å². The zero-order valence-corrected chi connectivity index (χ0v) is 38.3. The summed E-state index contributed by atoms with van der Waals surface area (Å²) in [5.74, 6) is 1.81. The molecule has 3 unspecified atom stereocenters. The maximum Gasteiger partial charge on any atom is 0.117 e. The number of hydrogen-bond donors (Lipinski definition) is 0. The highest BCUT2D eigenvalue weighted by molar-refractivity contribution is 6.02.